The van der Waals surface area contributed by atoms with Crippen molar-refractivity contribution in [2.24, 2.45) is 0 Å². The second kappa shape index (κ2) is 8.45. The minimum Gasteiger partial charge on any atom is -0.454 e. The molecule has 0 bridgehead atoms. The molecular formula is C22H20N2O4S. The van der Waals surface area contributed by atoms with Crippen LogP contribution in [0.15, 0.2) is 54.2 Å². The van der Waals surface area contributed by atoms with Gasteiger partial charge in [-0.1, -0.05) is 12.1 Å². The number of benzene rings is 1. The fraction of sp³-hybridized carbons (Fsp3) is 0.227. The van der Waals surface area contributed by atoms with Crippen molar-refractivity contribution in [1.29, 1.82) is 0 Å². The van der Waals surface area contributed by atoms with E-state index in [-0.39, 0.29) is 24.9 Å². The number of rotatable bonds is 7. The van der Waals surface area contributed by atoms with Crippen molar-refractivity contribution in [2.45, 2.75) is 26.4 Å². The highest BCUT2D eigenvalue weighted by molar-refractivity contribution is 7.12. The Labute approximate surface area is 172 Å². The van der Waals surface area contributed by atoms with Gasteiger partial charge in [0, 0.05) is 25.5 Å². The molecule has 0 fully saturated rings. The zero-order valence-electron chi connectivity index (χ0n) is 16.0. The van der Waals surface area contributed by atoms with E-state index < -0.39 is 0 Å². The van der Waals surface area contributed by atoms with Crippen LogP contribution in [-0.4, -0.2) is 28.4 Å². The number of carbonyl (C=O) groups excluding carboxylic acids is 2. The van der Waals surface area contributed by atoms with Crippen LogP contribution in [0.1, 0.15) is 33.3 Å². The molecule has 4 rings (SSSR count). The van der Waals surface area contributed by atoms with Gasteiger partial charge >= 0.3 is 0 Å². The maximum absolute atomic E-state index is 13.1. The van der Waals surface area contributed by atoms with Crippen LogP contribution in [0, 0.1) is 0 Å². The summed E-state index contributed by atoms with van der Waals surface area (Å²) in [4.78, 5) is 31.3. The standard InChI is InChI=1S/C22H20N2O4S/c1-15(25)21-8-18(13-29-21)9-22(26)24(12-17-3-2-6-23-10-17)11-16-4-5-19-20(7-16)28-14-27-19/h2-8,10,13H,9,11-12,14H2,1H3. The molecule has 0 aliphatic carbocycles. The van der Waals surface area contributed by atoms with Gasteiger partial charge < -0.3 is 14.4 Å². The lowest BCUT2D eigenvalue weighted by atomic mass is 10.1. The number of thiophene rings is 1. The normalized spacial score (nSPS) is 12.0. The zero-order chi connectivity index (χ0) is 20.2. The first-order valence-electron chi connectivity index (χ1n) is 9.22. The number of ether oxygens (including phenoxy) is 2. The number of ketones is 1. The first-order valence-corrected chi connectivity index (χ1v) is 10.1. The van der Waals surface area contributed by atoms with Gasteiger partial charge in [-0.2, -0.15) is 0 Å². The van der Waals surface area contributed by atoms with Gasteiger partial charge in [0.05, 0.1) is 11.3 Å². The molecule has 0 saturated heterocycles. The fourth-order valence-electron chi connectivity index (χ4n) is 3.14. The third-order valence-corrected chi connectivity index (χ3v) is 5.70. The monoisotopic (exact) mass is 408 g/mol. The summed E-state index contributed by atoms with van der Waals surface area (Å²) in [5.41, 5.74) is 2.77. The van der Waals surface area contributed by atoms with Crippen LogP contribution < -0.4 is 9.47 Å². The molecule has 3 aromatic rings. The summed E-state index contributed by atoms with van der Waals surface area (Å²) >= 11 is 1.37. The highest BCUT2D eigenvalue weighted by atomic mass is 32.1. The summed E-state index contributed by atoms with van der Waals surface area (Å²) in [7, 11) is 0. The third kappa shape index (κ3) is 4.63. The number of nitrogens with zero attached hydrogens (tertiary/aromatic N) is 2. The summed E-state index contributed by atoms with van der Waals surface area (Å²) in [6.45, 7) is 2.64. The second-order valence-corrected chi connectivity index (χ2v) is 7.76. The Morgan fingerprint density at radius 1 is 1.07 bits per heavy atom. The van der Waals surface area contributed by atoms with Gasteiger partial charge in [-0.25, -0.2) is 0 Å². The predicted octanol–water partition coefficient (Wildman–Crippen LogP) is 3.85. The van der Waals surface area contributed by atoms with Crippen molar-refractivity contribution in [3.63, 3.8) is 0 Å². The van der Waals surface area contributed by atoms with E-state index in [1.807, 2.05) is 35.7 Å². The Kier molecular flexibility index (Phi) is 5.57. The zero-order valence-corrected chi connectivity index (χ0v) is 16.8. The number of carbonyl (C=O) groups is 2. The van der Waals surface area contributed by atoms with Crippen LogP contribution in [-0.2, 0) is 24.3 Å². The first kappa shape index (κ1) is 19.1. The van der Waals surface area contributed by atoms with Gasteiger partial charge in [0.1, 0.15) is 0 Å². The smallest absolute Gasteiger partial charge is 0.231 e. The van der Waals surface area contributed by atoms with Crippen molar-refractivity contribution in [3.8, 4) is 11.5 Å². The first-order chi connectivity index (χ1) is 14.1. The van der Waals surface area contributed by atoms with Gasteiger partial charge in [0.15, 0.2) is 17.3 Å². The molecule has 0 unspecified atom stereocenters. The van der Waals surface area contributed by atoms with E-state index >= 15 is 0 Å². The topological polar surface area (TPSA) is 68.7 Å². The molecule has 2 aromatic heterocycles. The van der Waals surface area contributed by atoms with Crippen molar-refractivity contribution < 1.29 is 19.1 Å². The average molecular weight is 408 g/mol. The van der Waals surface area contributed by atoms with E-state index in [1.165, 1.54) is 18.3 Å². The lowest BCUT2D eigenvalue weighted by Gasteiger charge is -2.23. The minimum absolute atomic E-state index is 0.0144. The van der Waals surface area contributed by atoms with Gasteiger partial charge in [0.25, 0.3) is 0 Å². The Morgan fingerprint density at radius 2 is 1.90 bits per heavy atom. The molecule has 1 aliphatic heterocycles. The van der Waals surface area contributed by atoms with E-state index in [9.17, 15) is 9.59 Å². The van der Waals surface area contributed by atoms with Crippen LogP contribution in [0.25, 0.3) is 0 Å². The van der Waals surface area contributed by atoms with Crippen LogP contribution in [0.2, 0.25) is 0 Å². The fourth-order valence-corrected chi connectivity index (χ4v) is 3.96. The van der Waals surface area contributed by atoms with Crippen LogP contribution in [0.3, 0.4) is 0 Å². The SMILES string of the molecule is CC(=O)c1cc(CC(=O)N(Cc2cccnc2)Cc2ccc3c(c2)OCO3)cs1. The number of hydrogen-bond donors (Lipinski definition) is 0. The van der Waals surface area contributed by atoms with Gasteiger partial charge in [-0.15, -0.1) is 11.3 Å². The Morgan fingerprint density at radius 3 is 2.66 bits per heavy atom. The third-order valence-electron chi connectivity index (χ3n) is 4.62. The lowest BCUT2D eigenvalue weighted by molar-refractivity contribution is -0.131. The van der Waals surface area contributed by atoms with Crippen LogP contribution in [0.5, 0.6) is 11.5 Å². The quantitative estimate of drug-likeness (QED) is 0.556. The molecule has 148 valence electrons. The molecule has 0 saturated carbocycles. The molecule has 7 heteroatoms. The molecule has 0 spiro atoms. The molecule has 1 aromatic carbocycles. The summed E-state index contributed by atoms with van der Waals surface area (Å²) in [5.74, 6) is 1.41. The molecular weight excluding hydrogens is 388 g/mol. The number of amides is 1. The van der Waals surface area contributed by atoms with Crippen molar-refractivity contribution >= 4 is 23.0 Å². The molecule has 6 nitrogen and oxygen atoms in total. The summed E-state index contributed by atoms with van der Waals surface area (Å²) in [6, 6.07) is 11.3. The maximum Gasteiger partial charge on any atom is 0.231 e. The summed E-state index contributed by atoms with van der Waals surface area (Å²) in [6.07, 6.45) is 3.72. The number of pyridine rings is 1. The number of fused-ring (bicyclic) bond motifs is 1. The lowest BCUT2D eigenvalue weighted by Crippen LogP contribution is -2.31. The highest BCUT2D eigenvalue weighted by Crippen LogP contribution is 2.33. The Hall–Kier alpha value is -3.19. The highest BCUT2D eigenvalue weighted by Gasteiger charge is 2.19. The van der Waals surface area contributed by atoms with E-state index in [2.05, 4.69) is 4.98 Å². The van der Waals surface area contributed by atoms with Gasteiger partial charge in [-0.05, 0) is 53.3 Å². The molecule has 0 N–H and O–H groups in total. The molecule has 0 radical (unpaired) electrons. The molecule has 0 atom stereocenters. The van der Waals surface area contributed by atoms with E-state index in [0.29, 0.717) is 29.5 Å². The van der Waals surface area contributed by atoms with Gasteiger partial charge in [-0.3, -0.25) is 14.6 Å². The summed E-state index contributed by atoms with van der Waals surface area (Å²) in [5, 5.41) is 1.87. The summed E-state index contributed by atoms with van der Waals surface area (Å²) < 4.78 is 10.8. The van der Waals surface area contributed by atoms with Crippen molar-refractivity contribution in [2.75, 3.05) is 6.79 Å². The maximum atomic E-state index is 13.1. The van der Waals surface area contributed by atoms with Crippen molar-refractivity contribution in [1.82, 2.24) is 9.88 Å². The van der Waals surface area contributed by atoms with Crippen LogP contribution >= 0.6 is 11.3 Å². The number of Topliss-reactive ketones (excluding diaryl/α,β-unsaturated/α-hetero) is 1. The van der Waals surface area contributed by atoms with E-state index in [0.717, 1.165) is 16.7 Å². The average Bonchev–Trinajstić information content (AvgIpc) is 3.37. The number of aromatic nitrogens is 1. The number of hydrogen-bond acceptors (Lipinski definition) is 6. The molecule has 3 heterocycles. The molecule has 1 amide bonds. The second-order valence-electron chi connectivity index (χ2n) is 6.85. The predicted molar refractivity (Wildman–Crippen MR) is 109 cm³/mol. The van der Waals surface area contributed by atoms with E-state index in [4.69, 9.17) is 9.47 Å². The van der Waals surface area contributed by atoms with Crippen molar-refractivity contribution in [3.05, 3.63) is 75.7 Å². The van der Waals surface area contributed by atoms with E-state index in [1.54, 1.807) is 23.4 Å². The Balaban J connectivity index is 1.53. The molecule has 29 heavy (non-hydrogen) atoms. The van der Waals surface area contributed by atoms with Crippen LogP contribution in [0.4, 0.5) is 0 Å². The largest absolute Gasteiger partial charge is 0.454 e. The minimum atomic E-state index is -0.0144. The van der Waals surface area contributed by atoms with Gasteiger partial charge in [0.2, 0.25) is 12.7 Å². The Bertz CT molecular complexity index is 1030. The molecule has 1 aliphatic rings.